The Morgan fingerprint density at radius 3 is 2.53 bits per heavy atom. The Labute approximate surface area is 120 Å². The average molecular weight is 320 g/mol. The SMILES string of the molecule is Brc1ccc(-c2ccnc(N3CCOCC3)n2)cc1. The Kier molecular flexibility index (Phi) is 3.75. The number of morpholine rings is 1. The summed E-state index contributed by atoms with van der Waals surface area (Å²) in [5, 5.41) is 0. The fourth-order valence-electron chi connectivity index (χ4n) is 2.05. The van der Waals surface area contributed by atoms with Crippen molar-refractivity contribution in [2.45, 2.75) is 0 Å². The van der Waals surface area contributed by atoms with Crippen molar-refractivity contribution >= 4 is 21.9 Å². The maximum absolute atomic E-state index is 5.35. The zero-order valence-corrected chi connectivity index (χ0v) is 12.0. The third-order valence-electron chi connectivity index (χ3n) is 3.08. The second kappa shape index (κ2) is 5.67. The van der Waals surface area contributed by atoms with Gasteiger partial charge in [-0.2, -0.15) is 0 Å². The van der Waals surface area contributed by atoms with Gasteiger partial charge >= 0.3 is 0 Å². The summed E-state index contributed by atoms with van der Waals surface area (Å²) < 4.78 is 6.42. The maximum atomic E-state index is 5.35. The second-order valence-corrected chi connectivity index (χ2v) is 5.26. The van der Waals surface area contributed by atoms with Gasteiger partial charge in [0.2, 0.25) is 5.95 Å². The second-order valence-electron chi connectivity index (χ2n) is 4.35. The number of anilines is 1. The lowest BCUT2D eigenvalue weighted by Gasteiger charge is -2.26. The molecule has 1 aliphatic rings. The van der Waals surface area contributed by atoms with Gasteiger partial charge < -0.3 is 9.64 Å². The van der Waals surface area contributed by atoms with E-state index >= 15 is 0 Å². The van der Waals surface area contributed by atoms with Crippen LogP contribution in [0.25, 0.3) is 11.3 Å². The molecular formula is C14H14BrN3O. The van der Waals surface area contributed by atoms with Crippen LogP contribution in [0, 0.1) is 0 Å². The quantitative estimate of drug-likeness (QED) is 0.853. The van der Waals surface area contributed by atoms with E-state index in [0.717, 1.165) is 48.0 Å². The van der Waals surface area contributed by atoms with Crippen molar-refractivity contribution in [2.24, 2.45) is 0 Å². The minimum Gasteiger partial charge on any atom is -0.378 e. The van der Waals surface area contributed by atoms with E-state index in [1.165, 1.54) is 0 Å². The van der Waals surface area contributed by atoms with Crippen LogP contribution in [0.4, 0.5) is 5.95 Å². The Morgan fingerprint density at radius 2 is 1.79 bits per heavy atom. The molecule has 0 amide bonds. The van der Waals surface area contributed by atoms with Crippen molar-refractivity contribution in [3.05, 3.63) is 41.0 Å². The van der Waals surface area contributed by atoms with Gasteiger partial charge in [-0.3, -0.25) is 0 Å². The van der Waals surface area contributed by atoms with Crippen molar-refractivity contribution in [1.82, 2.24) is 9.97 Å². The molecule has 0 atom stereocenters. The highest BCUT2D eigenvalue weighted by atomic mass is 79.9. The molecule has 5 heteroatoms. The zero-order chi connectivity index (χ0) is 13.1. The summed E-state index contributed by atoms with van der Waals surface area (Å²) in [6.07, 6.45) is 1.81. The number of benzene rings is 1. The van der Waals surface area contributed by atoms with Crippen molar-refractivity contribution in [3.8, 4) is 11.3 Å². The molecule has 0 radical (unpaired) electrons. The van der Waals surface area contributed by atoms with E-state index < -0.39 is 0 Å². The van der Waals surface area contributed by atoms with Gasteiger partial charge in [0.1, 0.15) is 0 Å². The first kappa shape index (κ1) is 12.6. The molecule has 1 saturated heterocycles. The van der Waals surface area contributed by atoms with E-state index in [1.807, 2.05) is 24.4 Å². The third-order valence-corrected chi connectivity index (χ3v) is 3.61. The largest absolute Gasteiger partial charge is 0.378 e. The number of halogens is 1. The summed E-state index contributed by atoms with van der Waals surface area (Å²) in [4.78, 5) is 11.2. The van der Waals surface area contributed by atoms with Crippen LogP contribution in [0.3, 0.4) is 0 Å². The van der Waals surface area contributed by atoms with Gasteiger partial charge in [-0.1, -0.05) is 28.1 Å². The number of ether oxygens (including phenoxy) is 1. The molecule has 19 heavy (non-hydrogen) atoms. The van der Waals surface area contributed by atoms with E-state index in [9.17, 15) is 0 Å². The molecule has 0 N–H and O–H groups in total. The Balaban J connectivity index is 1.88. The van der Waals surface area contributed by atoms with E-state index in [-0.39, 0.29) is 0 Å². The standard InChI is InChI=1S/C14H14BrN3O/c15-12-3-1-11(2-4-12)13-5-6-16-14(17-13)18-7-9-19-10-8-18/h1-6H,7-10H2. The molecule has 98 valence electrons. The molecule has 0 spiro atoms. The number of nitrogens with zero attached hydrogens (tertiary/aromatic N) is 3. The van der Waals surface area contributed by atoms with Crippen LogP contribution >= 0.6 is 15.9 Å². The van der Waals surface area contributed by atoms with E-state index in [1.54, 1.807) is 0 Å². The van der Waals surface area contributed by atoms with Gasteiger partial charge in [-0.05, 0) is 18.2 Å². The van der Waals surface area contributed by atoms with Crippen LogP contribution in [0.2, 0.25) is 0 Å². The van der Waals surface area contributed by atoms with E-state index in [4.69, 9.17) is 4.74 Å². The van der Waals surface area contributed by atoms with Gasteiger partial charge in [0.05, 0.1) is 18.9 Å². The van der Waals surface area contributed by atoms with E-state index in [0.29, 0.717) is 0 Å². The third kappa shape index (κ3) is 2.93. The molecule has 1 fully saturated rings. The molecule has 4 nitrogen and oxygen atoms in total. The van der Waals surface area contributed by atoms with Gasteiger partial charge in [0.15, 0.2) is 0 Å². The molecule has 2 aromatic rings. The molecule has 0 unspecified atom stereocenters. The number of hydrogen-bond donors (Lipinski definition) is 0. The van der Waals surface area contributed by atoms with Crippen molar-refractivity contribution in [2.75, 3.05) is 31.2 Å². The van der Waals surface area contributed by atoms with Crippen LogP contribution in [0.1, 0.15) is 0 Å². The minimum absolute atomic E-state index is 0.742. The molecule has 1 aliphatic heterocycles. The van der Waals surface area contributed by atoms with Gasteiger partial charge in [0, 0.05) is 29.3 Å². The van der Waals surface area contributed by atoms with Crippen LogP contribution in [-0.4, -0.2) is 36.3 Å². The summed E-state index contributed by atoms with van der Waals surface area (Å²) in [6.45, 7) is 3.19. The first-order chi connectivity index (χ1) is 9.33. The summed E-state index contributed by atoms with van der Waals surface area (Å²) >= 11 is 3.44. The Bertz CT molecular complexity index is 553. The normalized spacial score (nSPS) is 15.5. The van der Waals surface area contributed by atoms with Crippen LogP contribution in [0.5, 0.6) is 0 Å². The number of aromatic nitrogens is 2. The summed E-state index contributed by atoms with van der Waals surface area (Å²) in [5.74, 6) is 0.781. The lowest BCUT2D eigenvalue weighted by molar-refractivity contribution is 0.122. The molecule has 0 aliphatic carbocycles. The molecule has 3 rings (SSSR count). The zero-order valence-electron chi connectivity index (χ0n) is 10.4. The molecular weight excluding hydrogens is 306 g/mol. The molecule has 1 aromatic carbocycles. The smallest absolute Gasteiger partial charge is 0.226 e. The lowest BCUT2D eigenvalue weighted by atomic mass is 10.1. The van der Waals surface area contributed by atoms with Gasteiger partial charge in [-0.25, -0.2) is 9.97 Å². The average Bonchev–Trinajstić information content (AvgIpc) is 2.49. The lowest BCUT2D eigenvalue weighted by Crippen LogP contribution is -2.37. The Hall–Kier alpha value is -1.46. The summed E-state index contributed by atoms with van der Waals surface area (Å²) in [6, 6.07) is 10.1. The Morgan fingerprint density at radius 1 is 1.05 bits per heavy atom. The fraction of sp³-hybridized carbons (Fsp3) is 0.286. The molecule has 0 saturated carbocycles. The molecule has 0 bridgehead atoms. The maximum Gasteiger partial charge on any atom is 0.226 e. The van der Waals surface area contributed by atoms with Crippen LogP contribution < -0.4 is 4.90 Å². The topological polar surface area (TPSA) is 38.2 Å². The predicted molar refractivity (Wildman–Crippen MR) is 78.2 cm³/mol. The van der Waals surface area contributed by atoms with E-state index in [2.05, 4.69) is 42.9 Å². The first-order valence-electron chi connectivity index (χ1n) is 6.24. The number of rotatable bonds is 2. The fourth-order valence-corrected chi connectivity index (χ4v) is 2.31. The van der Waals surface area contributed by atoms with Crippen LogP contribution in [-0.2, 0) is 4.74 Å². The summed E-state index contributed by atoms with van der Waals surface area (Å²) in [7, 11) is 0. The van der Waals surface area contributed by atoms with Crippen molar-refractivity contribution in [3.63, 3.8) is 0 Å². The highest BCUT2D eigenvalue weighted by Gasteiger charge is 2.14. The van der Waals surface area contributed by atoms with Gasteiger partial charge in [0.25, 0.3) is 0 Å². The van der Waals surface area contributed by atoms with Crippen molar-refractivity contribution in [1.29, 1.82) is 0 Å². The predicted octanol–water partition coefficient (Wildman–Crippen LogP) is 2.74. The van der Waals surface area contributed by atoms with Gasteiger partial charge in [-0.15, -0.1) is 0 Å². The minimum atomic E-state index is 0.742. The number of hydrogen-bond acceptors (Lipinski definition) is 4. The molecule has 1 aromatic heterocycles. The highest BCUT2D eigenvalue weighted by Crippen LogP contribution is 2.21. The monoisotopic (exact) mass is 319 g/mol. The van der Waals surface area contributed by atoms with Crippen molar-refractivity contribution < 1.29 is 4.74 Å². The summed E-state index contributed by atoms with van der Waals surface area (Å²) in [5.41, 5.74) is 2.05. The highest BCUT2D eigenvalue weighted by molar-refractivity contribution is 9.10. The van der Waals surface area contributed by atoms with Crippen LogP contribution in [0.15, 0.2) is 41.0 Å². The first-order valence-corrected chi connectivity index (χ1v) is 7.04. The molecule has 2 heterocycles.